The number of hydrogen-bond acceptors (Lipinski definition) is 2. The molecule has 1 unspecified atom stereocenters. The third-order valence-electron chi connectivity index (χ3n) is 3.89. The van der Waals surface area contributed by atoms with Gasteiger partial charge in [0.05, 0.1) is 0 Å². The van der Waals surface area contributed by atoms with Gasteiger partial charge in [-0.15, -0.1) is 0 Å². The van der Waals surface area contributed by atoms with Gasteiger partial charge in [-0.2, -0.15) is 0 Å². The molecule has 0 radical (unpaired) electrons. The summed E-state index contributed by atoms with van der Waals surface area (Å²) in [5.41, 5.74) is 8.60. The summed E-state index contributed by atoms with van der Waals surface area (Å²) in [5.74, 6) is 1.86. The topological polar surface area (TPSA) is 38.0 Å². The van der Waals surface area contributed by atoms with Crippen molar-refractivity contribution in [2.75, 3.05) is 19.6 Å². The van der Waals surface area contributed by atoms with Gasteiger partial charge < -0.3 is 11.1 Å². The fraction of sp³-hybridized carbons (Fsp3) is 0.647. The second kappa shape index (κ2) is 8.34. The smallest absolute Gasteiger partial charge is 0.000588 e. The van der Waals surface area contributed by atoms with Crippen LogP contribution in [-0.2, 0) is 6.42 Å². The minimum absolute atomic E-state index is 0.586. The van der Waals surface area contributed by atoms with Crippen LogP contribution in [0.3, 0.4) is 0 Å². The largest absolute Gasteiger partial charge is 0.330 e. The molecule has 0 spiro atoms. The van der Waals surface area contributed by atoms with E-state index in [4.69, 9.17) is 5.73 Å². The van der Waals surface area contributed by atoms with Crippen LogP contribution in [0.25, 0.3) is 0 Å². The summed E-state index contributed by atoms with van der Waals surface area (Å²) in [7, 11) is 0. The zero-order valence-corrected chi connectivity index (χ0v) is 12.9. The molecule has 0 aliphatic carbocycles. The van der Waals surface area contributed by atoms with E-state index in [9.17, 15) is 0 Å². The van der Waals surface area contributed by atoms with Crippen LogP contribution in [0.2, 0.25) is 0 Å². The van der Waals surface area contributed by atoms with Gasteiger partial charge in [0, 0.05) is 0 Å². The first kappa shape index (κ1) is 16.2. The Kier molecular flexibility index (Phi) is 7.11. The first-order valence-corrected chi connectivity index (χ1v) is 7.54. The summed E-state index contributed by atoms with van der Waals surface area (Å²) in [4.78, 5) is 0. The Labute approximate surface area is 118 Å². The molecule has 0 bridgehead atoms. The second-order valence-corrected chi connectivity index (χ2v) is 6.09. The normalized spacial score (nSPS) is 13.2. The molecule has 1 atom stereocenters. The zero-order valence-electron chi connectivity index (χ0n) is 12.9. The third kappa shape index (κ3) is 5.75. The minimum atomic E-state index is 0.586. The number of nitrogens with one attached hydrogen (secondary N) is 1. The molecule has 0 saturated carbocycles. The summed E-state index contributed by atoms with van der Waals surface area (Å²) in [6.07, 6.45) is 1.09. The summed E-state index contributed by atoms with van der Waals surface area (Å²) in [6, 6.07) is 8.99. The highest BCUT2D eigenvalue weighted by Gasteiger charge is 2.10. The average molecular weight is 262 g/mol. The van der Waals surface area contributed by atoms with Crippen molar-refractivity contribution in [1.82, 2.24) is 5.32 Å². The van der Waals surface area contributed by atoms with E-state index in [2.05, 4.69) is 57.3 Å². The molecule has 2 nitrogen and oxygen atoms in total. The van der Waals surface area contributed by atoms with Gasteiger partial charge in [0.2, 0.25) is 0 Å². The highest BCUT2D eigenvalue weighted by molar-refractivity contribution is 5.24. The van der Waals surface area contributed by atoms with E-state index < -0.39 is 0 Å². The Morgan fingerprint density at radius 2 is 1.68 bits per heavy atom. The van der Waals surface area contributed by atoms with E-state index >= 15 is 0 Å². The average Bonchev–Trinajstić information content (AvgIpc) is 2.38. The van der Waals surface area contributed by atoms with Crippen molar-refractivity contribution in [3.05, 3.63) is 35.4 Å². The first-order valence-electron chi connectivity index (χ1n) is 7.54. The molecule has 0 amide bonds. The SMILES string of the molecule is CC(C)c1ccc(CCNCC(CN)C(C)C)cc1. The maximum atomic E-state index is 5.77. The highest BCUT2D eigenvalue weighted by atomic mass is 14.9. The van der Waals surface area contributed by atoms with Crippen molar-refractivity contribution in [2.45, 2.75) is 40.0 Å². The molecule has 3 N–H and O–H groups in total. The predicted octanol–water partition coefficient (Wildman–Crippen LogP) is 3.17. The second-order valence-electron chi connectivity index (χ2n) is 6.09. The van der Waals surface area contributed by atoms with Gasteiger partial charge in [-0.25, -0.2) is 0 Å². The Balaban J connectivity index is 2.29. The van der Waals surface area contributed by atoms with Crippen molar-refractivity contribution in [3.8, 4) is 0 Å². The van der Waals surface area contributed by atoms with E-state index in [1.54, 1.807) is 0 Å². The molecular formula is C17H30N2. The summed E-state index contributed by atoms with van der Waals surface area (Å²) >= 11 is 0. The van der Waals surface area contributed by atoms with Crippen LogP contribution < -0.4 is 11.1 Å². The molecule has 0 heterocycles. The van der Waals surface area contributed by atoms with Crippen LogP contribution in [0.1, 0.15) is 44.7 Å². The van der Waals surface area contributed by atoms with E-state index in [-0.39, 0.29) is 0 Å². The number of nitrogens with two attached hydrogens (primary N) is 1. The lowest BCUT2D eigenvalue weighted by molar-refractivity contribution is 0.372. The van der Waals surface area contributed by atoms with Gasteiger partial charge in [-0.05, 0) is 54.9 Å². The Bertz CT molecular complexity index is 341. The first-order chi connectivity index (χ1) is 9.04. The highest BCUT2D eigenvalue weighted by Crippen LogP contribution is 2.14. The molecule has 1 rings (SSSR count). The molecule has 0 aromatic heterocycles. The maximum absolute atomic E-state index is 5.77. The Morgan fingerprint density at radius 1 is 1.05 bits per heavy atom. The van der Waals surface area contributed by atoms with Gasteiger partial charge >= 0.3 is 0 Å². The van der Waals surface area contributed by atoms with Crippen molar-refractivity contribution < 1.29 is 0 Å². The molecule has 0 aliphatic rings. The van der Waals surface area contributed by atoms with Crippen LogP contribution in [0.5, 0.6) is 0 Å². The molecule has 108 valence electrons. The summed E-state index contributed by atoms with van der Waals surface area (Å²) in [6.45, 7) is 11.8. The van der Waals surface area contributed by atoms with Gasteiger partial charge in [0.1, 0.15) is 0 Å². The van der Waals surface area contributed by atoms with Gasteiger partial charge in [0.25, 0.3) is 0 Å². The van der Waals surface area contributed by atoms with E-state index in [1.807, 2.05) is 0 Å². The zero-order chi connectivity index (χ0) is 14.3. The lowest BCUT2D eigenvalue weighted by atomic mass is 9.96. The van der Waals surface area contributed by atoms with Crippen molar-refractivity contribution in [1.29, 1.82) is 0 Å². The monoisotopic (exact) mass is 262 g/mol. The van der Waals surface area contributed by atoms with Crippen molar-refractivity contribution in [3.63, 3.8) is 0 Å². The standard InChI is InChI=1S/C17H30N2/c1-13(2)16-7-5-15(6-8-16)9-10-19-12-17(11-18)14(3)4/h5-8,13-14,17,19H,9-12,18H2,1-4H3. The maximum Gasteiger partial charge on any atom is -0.000588 e. The van der Waals surface area contributed by atoms with Crippen LogP contribution in [0.15, 0.2) is 24.3 Å². The molecule has 0 aliphatic heterocycles. The molecule has 0 saturated heterocycles. The third-order valence-corrected chi connectivity index (χ3v) is 3.89. The quantitative estimate of drug-likeness (QED) is 0.706. The molecule has 1 aromatic carbocycles. The summed E-state index contributed by atoms with van der Waals surface area (Å²) < 4.78 is 0. The fourth-order valence-electron chi connectivity index (χ4n) is 2.18. The lowest BCUT2D eigenvalue weighted by Crippen LogP contribution is -2.32. The minimum Gasteiger partial charge on any atom is -0.330 e. The predicted molar refractivity (Wildman–Crippen MR) is 84.5 cm³/mol. The van der Waals surface area contributed by atoms with E-state index in [0.29, 0.717) is 17.8 Å². The van der Waals surface area contributed by atoms with Crippen LogP contribution in [0, 0.1) is 11.8 Å². The van der Waals surface area contributed by atoms with E-state index in [0.717, 1.165) is 26.1 Å². The van der Waals surface area contributed by atoms with Crippen LogP contribution in [-0.4, -0.2) is 19.6 Å². The molecule has 0 fully saturated rings. The Morgan fingerprint density at radius 3 is 2.16 bits per heavy atom. The molecule has 1 aromatic rings. The van der Waals surface area contributed by atoms with Gasteiger partial charge in [-0.3, -0.25) is 0 Å². The van der Waals surface area contributed by atoms with Crippen LogP contribution in [0.4, 0.5) is 0 Å². The summed E-state index contributed by atoms with van der Waals surface area (Å²) in [5, 5.41) is 3.52. The number of benzene rings is 1. The lowest BCUT2D eigenvalue weighted by Gasteiger charge is -2.19. The number of hydrogen-bond donors (Lipinski definition) is 2. The van der Waals surface area contributed by atoms with Gasteiger partial charge in [0.15, 0.2) is 0 Å². The molecule has 2 heteroatoms. The van der Waals surface area contributed by atoms with Crippen molar-refractivity contribution >= 4 is 0 Å². The molecular weight excluding hydrogens is 232 g/mol. The van der Waals surface area contributed by atoms with Crippen LogP contribution >= 0.6 is 0 Å². The number of rotatable bonds is 8. The van der Waals surface area contributed by atoms with E-state index in [1.165, 1.54) is 11.1 Å². The molecule has 19 heavy (non-hydrogen) atoms. The van der Waals surface area contributed by atoms with Crippen molar-refractivity contribution in [2.24, 2.45) is 17.6 Å². The fourth-order valence-corrected chi connectivity index (χ4v) is 2.18. The van der Waals surface area contributed by atoms with Gasteiger partial charge in [-0.1, -0.05) is 52.0 Å². The Hall–Kier alpha value is -0.860.